The second-order valence-electron chi connectivity index (χ2n) is 17.7. The zero-order valence-corrected chi connectivity index (χ0v) is 40.2. The first-order valence-corrected chi connectivity index (χ1v) is 22.6. The average molecular weight is 994 g/mol. The molecule has 350 valence electrons. The number of ether oxygens (including phenoxy) is 2. The molecule has 0 N–H and O–H groups in total. The van der Waals surface area contributed by atoms with Gasteiger partial charge in [0.2, 0.25) is 0 Å². The number of anilines is 2. The number of carbonyl (C=O) groups is 2. The summed E-state index contributed by atoms with van der Waals surface area (Å²) in [6.45, 7) is 11.2. The fraction of sp³-hybridized carbons (Fsp3) is 0.192. The molecule has 0 bridgehead atoms. The van der Waals surface area contributed by atoms with Crippen LogP contribution in [0.2, 0.25) is 0 Å². The highest BCUT2D eigenvalue weighted by Gasteiger charge is 2.30. The summed E-state index contributed by atoms with van der Waals surface area (Å²) >= 11 is 3.45. The Morgan fingerprint density at radius 3 is 1.45 bits per heavy atom. The maximum absolute atomic E-state index is 14.9. The fourth-order valence-corrected chi connectivity index (χ4v) is 7.49. The van der Waals surface area contributed by atoms with Gasteiger partial charge in [0, 0.05) is 53.6 Å². The van der Waals surface area contributed by atoms with E-state index >= 15 is 0 Å². The van der Waals surface area contributed by atoms with E-state index in [9.17, 15) is 18.4 Å². The van der Waals surface area contributed by atoms with Crippen molar-refractivity contribution in [1.82, 2.24) is 39.2 Å². The van der Waals surface area contributed by atoms with Gasteiger partial charge < -0.3 is 9.47 Å². The molecule has 69 heavy (non-hydrogen) atoms. The molecule has 0 saturated heterocycles. The molecule has 14 nitrogen and oxygen atoms in total. The van der Waals surface area contributed by atoms with E-state index in [0.29, 0.717) is 49.9 Å². The summed E-state index contributed by atoms with van der Waals surface area (Å²) in [5.41, 5.74) is 4.23. The maximum Gasteiger partial charge on any atom is 0.416 e. The summed E-state index contributed by atoms with van der Waals surface area (Å²) in [5.74, 6) is -0.0329. The molecular weight excluding hydrogens is 947 g/mol. The zero-order valence-electron chi connectivity index (χ0n) is 38.6. The summed E-state index contributed by atoms with van der Waals surface area (Å²) in [6, 6.07) is 33.1. The van der Waals surface area contributed by atoms with E-state index in [0.717, 1.165) is 22.3 Å². The van der Waals surface area contributed by atoms with Crippen molar-refractivity contribution in [2.75, 3.05) is 9.80 Å². The molecule has 0 spiro atoms. The quantitative estimate of drug-likeness (QED) is 0.137. The van der Waals surface area contributed by atoms with E-state index in [1.54, 1.807) is 111 Å². The first-order valence-electron chi connectivity index (χ1n) is 21.8. The second kappa shape index (κ2) is 20.1. The van der Waals surface area contributed by atoms with Gasteiger partial charge in [-0.1, -0.05) is 54.6 Å². The Morgan fingerprint density at radius 1 is 0.565 bits per heavy atom. The van der Waals surface area contributed by atoms with E-state index in [1.165, 1.54) is 26.4 Å². The number of hydrogen-bond donors (Lipinski definition) is 0. The van der Waals surface area contributed by atoms with Gasteiger partial charge in [0.15, 0.2) is 11.3 Å². The standard InChI is InChI=1S/C29H26FN5O2.C23H21BrFN5O2/c1-29(2,3)37-28(36)34(19-20-13-15-31-16-14-20)26-17-25(22-11-7-8-12-24(22)30)33-27-23(18-32-35(26)27)21-9-5-4-6-10-21;1-23(2,3)32-22(31)29(14-15-8-10-26-11-9-15)20-12-19(16-6-4-5-7-18(16)25)28-21-17(24)13-27-30(20)21/h4-18H,19H2,1-3H3;4-13H,14H2,1-3H3. The number of aromatic nitrogens is 8. The lowest BCUT2D eigenvalue weighted by Crippen LogP contribution is -2.37. The molecule has 0 radical (unpaired) electrons. The Labute approximate surface area is 405 Å². The molecule has 9 rings (SSSR count). The van der Waals surface area contributed by atoms with Crippen molar-refractivity contribution in [3.8, 4) is 33.6 Å². The molecule has 0 fully saturated rings. The molecule has 0 aliphatic carbocycles. The Kier molecular flexibility index (Phi) is 13.9. The van der Waals surface area contributed by atoms with Crippen LogP contribution >= 0.6 is 15.9 Å². The van der Waals surface area contributed by atoms with Crippen LogP contribution in [0, 0.1) is 11.6 Å². The highest BCUT2D eigenvalue weighted by molar-refractivity contribution is 9.10. The van der Waals surface area contributed by atoms with Crippen LogP contribution in [-0.4, -0.2) is 62.6 Å². The average Bonchev–Trinajstić information content (AvgIpc) is 3.93. The van der Waals surface area contributed by atoms with Crippen LogP contribution in [0.5, 0.6) is 0 Å². The third kappa shape index (κ3) is 11.3. The molecular formula is C52H47BrF2N10O4. The first kappa shape index (κ1) is 47.6. The van der Waals surface area contributed by atoms with Crippen LogP contribution < -0.4 is 9.80 Å². The number of hydrogen-bond acceptors (Lipinski definition) is 10. The van der Waals surface area contributed by atoms with Crippen LogP contribution in [-0.2, 0) is 22.6 Å². The topological polar surface area (TPSA) is 145 Å². The van der Waals surface area contributed by atoms with Gasteiger partial charge in [-0.15, -0.1) is 0 Å². The third-order valence-electron chi connectivity index (χ3n) is 10.2. The number of halogens is 3. The lowest BCUT2D eigenvalue weighted by Gasteiger charge is -2.28. The monoisotopic (exact) mass is 992 g/mol. The molecule has 6 heterocycles. The fourth-order valence-electron chi connectivity index (χ4n) is 7.14. The van der Waals surface area contributed by atoms with E-state index in [-0.39, 0.29) is 13.1 Å². The molecule has 0 aliphatic rings. The largest absolute Gasteiger partial charge is 0.443 e. The Balaban J connectivity index is 0.000000188. The van der Waals surface area contributed by atoms with Crippen LogP contribution in [0.3, 0.4) is 0 Å². The molecule has 3 aromatic carbocycles. The van der Waals surface area contributed by atoms with Crippen molar-refractivity contribution in [1.29, 1.82) is 0 Å². The SMILES string of the molecule is CC(C)(C)OC(=O)N(Cc1ccncc1)c1cc(-c2ccccc2F)nc2c(-c3ccccc3)cnn12.CC(C)(C)OC(=O)N(Cc1ccncc1)c1cc(-c2ccccc2F)nc2c(Br)cnn12. The van der Waals surface area contributed by atoms with Gasteiger partial charge in [-0.3, -0.25) is 19.8 Å². The summed E-state index contributed by atoms with van der Waals surface area (Å²) in [5, 5.41) is 8.96. The molecule has 0 unspecified atom stereocenters. The minimum absolute atomic E-state index is 0.188. The Morgan fingerprint density at radius 2 is 0.986 bits per heavy atom. The number of amides is 2. The summed E-state index contributed by atoms with van der Waals surface area (Å²) in [6.07, 6.45) is 8.79. The lowest BCUT2D eigenvalue weighted by atomic mass is 10.1. The summed E-state index contributed by atoms with van der Waals surface area (Å²) in [7, 11) is 0. The predicted octanol–water partition coefficient (Wildman–Crippen LogP) is 12.2. The van der Waals surface area contributed by atoms with Crippen molar-refractivity contribution in [3.63, 3.8) is 0 Å². The Hall–Kier alpha value is -7.92. The van der Waals surface area contributed by atoms with Gasteiger partial charge in [-0.05, 0) is 123 Å². The van der Waals surface area contributed by atoms with Gasteiger partial charge in [0.25, 0.3) is 0 Å². The minimum atomic E-state index is -0.729. The molecule has 0 saturated carbocycles. The molecule has 9 aromatic rings. The van der Waals surface area contributed by atoms with Crippen LogP contribution in [0.1, 0.15) is 52.7 Å². The number of carbonyl (C=O) groups excluding carboxylic acids is 2. The van der Waals surface area contributed by atoms with Crippen LogP contribution in [0.15, 0.2) is 157 Å². The van der Waals surface area contributed by atoms with Crippen LogP contribution in [0.25, 0.3) is 44.9 Å². The zero-order chi connectivity index (χ0) is 48.9. The van der Waals surface area contributed by atoms with E-state index in [2.05, 4.69) is 41.1 Å². The van der Waals surface area contributed by atoms with Crippen molar-refractivity contribution in [2.45, 2.75) is 65.8 Å². The first-order chi connectivity index (χ1) is 33.0. The number of fused-ring (bicyclic) bond motifs is 2. The van der Waals surface area contributed by atoms with Crippen molar-refractivity contribution < 1.29 is 27.8 Å². The van der Waals surface area contributed by atoms with Gasteiger partial charge in [-0.2, -0.15) is 19.2 Å². The smallest absolute Gasteiger partial charge is 0.416 e. The summed E-state index contributed by atoms with van der Waals surface area (Å²) in [4.78, 5) is 47.3. The number of rotatable bonds is 9. The number of nitrogens with zero attached hydrogens (tertiary/aromatic N) is 10. The van der Waals surface area contributed by atoms with Gasteiger partial charge >= 0.3 is 12.2 Å². The molecule has 6 aromatic heterocycles. The Bertz CT molecular complexity index is 3250. The van der Waals surface area contributed by atoms with Crippen molar-refractivity contribution >= 4 is 51.0 Å². The highest BCUT2D eigenvalue weighted by Crippen LogP contribution is 2.34. The summed E-state index contributed by atoms with van der Waals surface area (Å²) < 4.78 is 44.7. The molecule has 17 heteroatoms. The normalized spacial score (nSPS) is 11.5. The minimum Gasteiger partial charge on any atom is -0.443 e. The van der Waals surface area contributed by atoms with Gasteiger partial charge in [0.1, 0.15) is 34.5 Å². The van der Waals surface area contributed by atoms with Crippen molar-refractivity contribution in [2.24, 2.45) is 0 Å². The van der Waals surface area contributed by atoms with Gasteiger partial charge in [0.05, 0.1) is 41.3 Å². The molecule has 2 amide bonds. The maximum atomic E-state index is 14.9. The molecule has 0 atom stereocenters. The van der Waals surface area contributed by atoms with Gasteiger partial charge in [-0.25, -0.2) is 28.3 Å². The number of benzene rings is 3. The third-order valence-corrected chi connectivity index (χ3v) is 10.8. The van der Waals surface area contributed by atoms with Crippen LogP contribution in [0.4, 0.5) is 30.0 Å². The van der Waals surface area contributed by atoms with E-state index in [1.807, 2.05) is 75.4 Å². The molecule has 0 aliphatic heterocycles. The predicted molar refractivity (Wildman–Crippen MR) is 263 cm³/mol. The van der Waals surface area contributed by atoms with Crippen molar-refractivity contribution in [3.05, 3.63) is 180 Å². The second-order valence-corrected chi connectivity index (χ2v) is 18.5. The number of pyridine rings is 2. The van der Waals surface area contributed by atoms with E-state index < -0.39 is 35.0 Å². The highest BCUT2D eigenvalue weighted by atomic mass is 79.9. The lowest BCUT2D eigenvalue weighted by molar-refractivity contribution is 0.0564. The van der Waals surface area contributed by atoms with E-state index in [4.69, 9.17) is 14.5 Å².